The van der Waals surface area contributed by atoms with Gasteiger partial charge in [0.25, 0.3) is 0 Å². The second kappa shape index (κ2) is 2.92. The number of ketones is 1. The predicted octanol–water partition coefficient (Wildman–Crippen LogP) is 3.75. The molecule has 3 heteroatoms. The minimum absolute atomic E-state index is 0.174. The van der Waals surface area contributed by atoms with E-state index in [-0.39, 0.29) is 5.92 Å². The second-order valence-electron chi connectivity index (χ2n) is 3.69. The zero-order chi connectivity index (χ0) is 9.75. The summed E-state index contributed by atoms with van der Waals surface area (Å²) in [5, 5.41) is 0. The highest BCUT2D eigenvalue weighted by Gasteiger charge is 2.37. The van der Waals surface area contributed by atoms with Gasteiger partial charge in [0.05, 0.1) is 8.66 Å². The summed E-state index contributed by atoms with van der Waals surface area (Å²) in [6.07, 6.45) is 0. The van der Waals surface area contributed by atoms with E-state index in [9.17, 15) is 4.79 Å². The van der Waals surface area contributed by atoms with E-state index >= 15 is 0 Å². The summed E-state index contributed by atoms with van der Waals surface area (Å²) in [5.41, 5.74) is 2.53. The number of hydrogen-bond acceptors (Lipinski definition) is 2. The van der Waals surface area contributed by atoms with Gasteiger partial charge in [0.1, 0.15) is 0 Å². The number of fused-ring (bicyclic) bond motifs is 1. The Labute approximate surface area is 90.3 Å². The normalized spacial score (nSPS) is 26.6. The molecule has 0 aromatic carbocycles. The van der Waals surface area contributed by atoms with Gasteiger partial charge in [0.15, 0.2) is 5.78 Å². The van der Waals surface area contributed by atoms with E-state index < -0.39 is 0 Å². The molecule has 0 fully saturated rings. The number of carbonyl (C=O) groups is 1. The third kappa shape index (κ3) is 1.13. The molecule has 0 spiro atoms. The van der Waals surface area contributed by atoms with Crippen molar-refractivity contribution < 1.29 is 4.79 Å². The van der Waals surface area contributed by atoms with E-state index in [0.717, 1.165) is 8.66 Å². The van der Waals surface area contributed by atoms with Crippen LogP contribution in [-0.4, -0.2) is 5.78 Å². The molecule has 0 saturated heterocycles. The van der Waals surface area contributed by atoms with Gasteiger partial charge in [-0.1, -0.05) is 13.8 Å². The van der Waals surface area contributed by atoms with Crippen LogP contribution in [0.15, 0.2) is 3.79 Å². The third-order valence-corrected chi connectivity index (χ3v) is 5.17. The Morgan fingerprint density at radius 3 is 2.46 bits per heavy atom. The number of carbonyl (C=O) groups excluding carboxylic acids is 1. The van der Waals surface area contributed by atoms with Crippen LogP contribution in [0.5, 0.6) is 0 Å². The topological polar surface area (TPSA) is 17.1 Å². The highest BCUT2D eigenvalue weighted by atomic mass is 79.9. The standard InChI is InChI=1S/C10H11BrOS/c1-4-5(2)8(12)9-7(4)6(3)10(11)13-9/h4-5H,1-3H3. The molecule has 0 radical (unpaired) electrons. The van der Waals surface area contributed by atoms with Gasteiger partial charge in [0.2, 0.25) is 0 Å². The lowest BCUT2D eigenvalue weighted by atomic mass is 9.95. The van der Waals surface area contributed by atoms with E-state index in [1.165, 1.54) is 11.1 Å². The zero-order valence-electron chi connectivity index (χ0n) is 7.85. The number of thiophene rings is 1. The molecule has 70 valence electrons. The fourth-order valence-electron chi connectivity index (χ4n) is 1.91. The number of Topliss-reactive ketones (excluding diaryl/α,β-unsaturated/α-hetero) is 1. The Kier molecular flexibility index (Phi) is 2.11. The van der Waals surface area contributed by atoms with E-state index in [0.29, 0.717) is 11.7 Å². The highest BCUT2D eigenvalue weighted by Crippen LogP contribution is 2.46. The van der Waals surface area contributed by atoms with Crippen molar-refractivity contribution in [2.75, 3.05) is 0 Å². The first-order valence-electron chi connectivity index (χ1n) is 4.37. The van der Waals surface area contributed by atoms with Gasteiger partial charge in [-0.2, -0.15) is 0 Å². The van der Waals surface area contributed by atoms with E-state index in [2.05, 4.69) is 29.8 Å². The van der Waals surface area contributed by atoms with Crippen LogP contribution in [0, 0.1) is 12.8 Å². The van der Waals surface area contributed by atoms with Crippen LogP contribution in [-0.2, 0) is 0 Å². The first kappa shape index (κ1) is 9.41. The largest absolute Gasteiger partial charge is 0.293 e. The smallest absolute Gasteiger partial charge is 0.176 e. The summed E-state index contributed by atoms with van der Waals surface area (Å²) in [6, 6.07) is 0. The van der Waals surface area contributed by atoms with Crippen LogP contribution in [0.2, 0.25) is 0 Å². The molecule has 2 rings (SSSR count). The summed E-state index contributed by atoms with van der Waals surface area (Å²) in [4.78, 5) is 12.7. The summed E-state index contributed by atoms with van der Waals surface area (Å²) >= 11 is 5.07. The molecule has 1 aliphatic carbocycles. The lowest BCUT2D eigenvalue weighted by Gasteiger charge is -2.09. The van der Waals surface area contributed by atoms with Crippen molar-refractivity contribution in [3.8, 4) is 0 Å². The molecule has 1 aromatic rings. The maximum atomic E-state index is 11.8. The fraction of sp³-hybridized carbons (Fsp3) is 0.500. The Morgan fingerprint density at radius 2 is 1.92 bits per heavy atom. The van der Waals surface area contributed by atoms with Crippen molar-refractivity contribution in [2.24, 2.45) is 5.92 Å². The molecule has 1 aromatic heterocycles. The van der Waals surface area contributed by atoms with Crippen LogP contribution in [0.25, 0.3) is 0 Å². The highest BCUT2D eigenvalue weighted by molar-refractivity contribution is 9.11. The molecule has 0 amide bonds. The average molecular weight is 259 g/mol. The first-order chi connectivity index (χ1) is 6.04. The van der Waals surface area contributed by atoms with E-state index in [4.69, 9.17) is 0 Å². The van der Waals surface area contributed by atoms with Crippen LogP contribution < -0.4 is 0 Å². The lowest BCUT2D eigenvalue weighted by molar-refractivity contribution is 0.0940. The first-order valence-corrected chi connectivity index (χ1v) is 5.98. The minimum Gasteiger partial charge on any atom is -0.293 e. The molecule has 1 heterocycles. The monoisotopic (exact) mass is 258 g/mol. The number of rotatable bonds is 0. The van der Waals surface area contributed by atoms with Crippen LogP contribution in [0.1, 0.15) is 40.6 Å². The van der Waals surface area contributed by atoms with Gasteiger partial charge in [-0.15, -0.1) is 11.3 Å². The Hall–Kier alpha value is -0.150. The van der Waals surface area contributed by atoms with Crippen molar-refractivity contribution in [1.82, 2.24) is 0 Å². The summed E-state index contributed by atoms with van der Waals surface area (Å²) in [5.74, 6) is 0.888. The minimum atomic E-state index is 0.174. The molecule has 1 aliphatic rings. The van der Waals surface area contributed by atoms with Crippen molar-refractivity contribution in [2.45, 2.75) is 26.7 Å². The van der Waals surface area contributed by atoms with Crippen LogP contribution in [0.4, 0.5) is 0 Å². The summed E-state index contributed by atoms with van der Waals surface area (Å²) in [7, 11) is 0. The lowest BCUT2D eigenvalue weighted by Crippen LogP contribution is -2.06. The molecule has 2 atom stereocenters. The van der Waals surface area contributed by atoms with Crippen molar-refractivity contribution >= 4 is 33.0 Å². The van der Waals surface area contributed by atoms with Gasteiger partial charge in [-0.3, -0.25) is 4.79 Å². The third-order valence-electron chi connectivity index (χ3n) is 2.98. The average Bonchev–Trinajstić information content (AvgIpc) is 2.48. The van der Waals surface area contributed by atoms with Crippen LogP contribution in [0.3, 0.4) is 0 Å². The van der Waals surface area contributed by atoms with Gasteiger partial charge >= 0.3 is 0 Å². The van der Waals surface area contributed by atoms with E-state index in [1.54, 1.807) is 11.3 Å². The predicted molar refractivity (Wildman–Crippen MR) is 58.7 cm³/mol. The van der Waals surface area contributed by atoms with Crippen LogP contribution >= 0.6 is 27.3 Å². The number of halogens is 1. The molecule has 0 aliphatic heterocycles. The van der Waals surface area contributed by atoms with E-state index in [1.807, 2.05) is 6.92 Å². The summed E-state index contributed by atoms with van der Waals surface area (Å²) in [6.45, 7) is 6.24. The molecular weight excluding hydrogens is 248 g/mol. The fourth-order valence-corrected chi connectivity index (χ4v) is 3.79. The maximum Gasteiger partial charge on any atom is 0.176 e. The zero-order valence-corrected chi connectivity index (χ0v) is 10.3. The molecule has 2 unspecified atom stereocenters. The molecule has 0 N–H and O–H groups in total. The molecule has 0 saturated carbocycles. The van der Waals surface area contributed by atoms with Crippen molar-refractivity contribution in [1.29, 1.82) is 0 Å². The van der Waals surface area contributed by atoms with Gasteiger partial charge in [-0.05, 0) is 39.9 Å². The second-order valence-corrected chi connectivity index (χ2v) is 6.02. The number of hydrogen-bond donors (Lipinski definition) is 0. The van der Waals surface area contributed by atoms with Crippen molar-refractivity contribution in [3.05, 3.63) is 19.8 Å². The van der Waals surface area contributed by atoms with Gasteiger partial charge in [-0.25, -0.2) is 0 Å². The molecule has 13 heavy (non-hydrogen) atoms. The molecular formula is C10H11BrOS. The quantitative estimate of drug-likeness (QED) is 0.693. The van der Waals surface area contributed by atoms with Crippen molar-refractivity contribution in [3.63, 3.8) is 0 Å². The Morgan fingerprint density at radius 1 is 1.31 bits per heavy atom. The SMILES string of the molecule is Cc1c(Br)sc2c1C(C)C(C)C2=O. The Balaban J connectivity index is 2.65. The molecule has 0 bridgehead atoms. The Bertz CT molecular complexity index is 381. The van der Waals surface area contributed by atoms with Gasteiger partial charge < -0.3 is 0 Å². The summed E-state index contributed by atoms with van der Waals surface area (Å²) < 4.78 is 1.12. The van der Waals surface area contributed by atoms with Gasteiger partial charge in [0, 0.05) is 5.92 Å². The maximum absolute atomic E-state index is 11.8. The molecule has 1 nitrogen and oxygen atoms in total.